The van der Waals surface area contributed by atoms with Gasteiger partial charge in [-0.05, 0) is 20.8 Å². The molecule has 0 saturated carbocycles. The summed E-state index contributed by atoms with van der Waals surface area (Å²) in [7, 11) is 1.45. The van der Waals surface area contributed by atoms with E-state index in [4.69, 9.17) is 10.4 Å². The van der Waals surface area contributed by atoms with Gasteiger partial charge in [0.25, 0.3) is 0 Å². The SMILES string of the molecule is CCN(CCC#N)C(=O)N(C)C(C)(C)C(=O)O. The summed E-state index contributed by atoms with van der Waals surface area (Å²) in [6.07, 6.45) is 0.237. The molecule has 0 aliphatic rings. The van der Waals surface area contributed by atoms with Gasteiger partial charge in [0.15, 0.2) is 0 Å². The van der Waals surface area contributed by atoms with Gasteiger partial charge in [-0.15, -0.1) is 0 Å². The molecule has 0 bridgehead atoms. The van der Waals surface area contributed by atoms with Crippen LogP contribution in [0.1, 0.15) is 27.2 Å². The lowest BCUT2D eigenvalue weighted by atomic mass is 10.0. The lowest BCUT2D eigenvalue weighted by molar-refractivity contribution is -0.147. The van der Waals surface area contributed by atoms with E-state index in [1.807, 2.05) is 6.07 Å². The summed E-state index contributed by atoms with van der Waals surface area (Å²) in [4.78, 5) is 25.7. The van der Waals surface area contributed by atoms with Crippen LogP contribution in [0, 0.1) is 11.3 Å². The Labute approximate surface area is 101 Å². The highest BCUT2D eigenvalue weighted by Gasteiger charge is 2.36. The maximum absolute atomic E-state index is 12.0. The van der Waals surface area contributed by atoms with Gasteiger partial charge in [-0.25, -0.2) is 9.59 Å². The average Bonchev–Trinajstić information content (AvgIpc) is 2.28. The molecule has 0 saturated heterocycles. The van der Waals surface area contributed by atoms with Crippen molar-refractivity contribution in [3.05, 3.63) is 0 Å². The van der Waals surface area contributed by atoms with Gasteiger partial charge >= 0.3 is 12.0 Å². The monoisotopic (exact) mass is 241 g/mol. The van der Waals surface area contributed by atoms with E-state index < -0.39 is 11.5 Å². The van der Waals surface area contributed by atoms with Crippen LogP contribution in [0.3, 0.4) is 0 Å². The minimum absolute atomic E-state index is 0.237. The van der Waals surface area contributed by atoms with Crippen LogP contribution in [-0.4, -0.2) is 52.6 Å². The van der Waals surface area contributed by atoms with Crippen molar-refractivity contribution in [3.8, 4) is 6.07 Å². The highest BCUT2D eigenvalue weighted by molar-refractivity contribution is 5.85. The highest BCUT2D eigenvalue weighted by atomic mass is 16.4. The molecule has 6 nitrogen and oxygen atoms in total. The van der Waals surface area contributed by atoms with E-state index in [0.717, 1.165) is 0 Å². The summed E-state index contributed by atoms with van der Waals surface area (Å²) in [5.41, 5.74) is -1.27. The van der Waals surface area contributed by atoms with E-state index in [1.165, 1.54) is 30.7 Å². The number of carboxylic acid groups (broad SMARTS) is 1. The van der Waals surface area contributed by atoms with E-state index >= 15 is 0 Å². The van der Waals surface area contributed by atoms with Crippen molar-refractivity contribution < 1.29 is 14.7 Å². The first-order valence-electron chi connectivity index (χ1n) is 5.42. The van der Waals surface area contributed by atoms with Crippen molar-refractivity contribution in [1.82, 2.24) is 9.80 Å². The molecule has 0 aliphatic heterocycles. The summed E-state index contributed by atoms with van der Waals surface area (Å²) < 4.78 is 0. The van der Waals surface area contributed by atoms with Crippen LogP contribution < -0.4 is 0 Å². The fraction of sp³-hybridized carbons (Fsp3) is 0.727. The normalized spacial score (nSPS) is 10.5. The van der Waals surface area contributed by atoms with Crippen LogP contribution in [0.15, 0.2) is 0 Å². The third kappa shape index (κ3) is 3.63. The van der Waals surface area contributed by atoms with Crippen molar-refractivity contribution in [2.45, 2.75) is 32.7 Å². The first-order chi connectivity index (χ1) is 7.78. The molecule has 0 unspecified atom stereocenters. The smallest absolute Gasteiger partial charge is 0.329 e. The standard InChI is InChI=1S/C11H19N3O3/c1-5-14(8-6-7-12)10(17)13(4)11(2,3)9(15)16/h5-6,8H2,1-4H3,(H,15,16). The third-order valence-electron chi connectivity index (χ3n) is 2.79. The molecule has 0 aromatic carbocycles. The zero-order chi connectivity index (χ0) is 13.6. The van der Waals surface area contributed by atoms with Crippen molar-refractivity contribution in [3.63, 3.8) is 0 Å². The average molecular weight is 241 g/mol. The number of urea groups is 1. The Morgan fingerprint density at radius 1 is 1.41 bits per heavy atom. The van der Waals surface area contributed by atoms with Crippen molar-refractivity contribution in [1.29, 1.82) is 5.26 Å². The van der Waals surface area contributed by atoms with E-state index in [-0.39, 0.29) is 12.5 Å². The summed E-state index contributed by atoms with van der Waals surface area (Å²) >= 11 is 0. The molecule has 96 valence electrons. The number of hydrogen-bond donors (Lipinski definition) is 1. The van der Waals surface area contributed by atoms with Gasteiger partial charge < -0.3 is 14.9 Å². The molecule has 17 heavy (non-hydrogen) atoms. The lowest BCUT2D eigenvalue weighted by Gasteiger charge is -2.35. The number of carbonyl (C=O) groups excluding carboxylic acids is 1. The lowest BCUT2D eigenvalue weighted by Crippen LogP contribution is -2.55. The zero-order valence-electron chi connectivity index (χ0n) is 10.7. The predicted molar refractivity (Wildman–Crippen MR) is 62.4 cm³/mol. The predicted octanol–water partition coefficient (Wildman–Crippen LogP) is 1.14. The number of hydrogen-bond acceptors (Lipinski definition) is 3. The highest BCUT2D eigenvalue weighted by Crippen LogP contribution is 2.14. The van der Waals surface area contributed by atoms with E-state index in [0.29, 0.717) is 13.1 Å². The van der Waals surface area contributed by atoms with Gasteiger partial charge in [-0.1, -0.05) is 0 Å². The van der Waals surface area contributed by atoms with Crippen LogP contribution in [-0.2, 0) is 4.79 Å². The van der Waals surface area contributed by atoms with Crippen LogP contribution >= 0.6 is 0 Å². The van der Waals surface area contributed by atoms with Gasteiger partial charge in [-0.3, -0.25) is 0 Å². The molecule has 0 heterocycles. The molecule has 0 fully saturated rings. The molecule has 0 radical (unpaired) electrons. The second-order valence-corrected chi connectivity index (χ2v) is 4.19. The second-order valence-electron chi connectivity index (χ2n) is 4.19. The topological polar surface area (TPSA) is 84.6 Å². The molecular weight excluding hydrogens is 222 g/mol. The second kappa shape index (κ2) is 6.09. The maximum Gasteiger partial charge on any atom is 0.329 e. The van der Waals surface area contributed by atoms with Gasteiger partial charge in [0, 0.05) is 20.1 Å². The van der Waals surface area contributed by atoms with Crippen LogP contribution in [0.25, 0.3) is 0 Å². The quantitative estimate of drug-likeness (QED) is 0.782. The van der Waals surface area contributed by atoms with Crippen molar-refractivity contribution in [2.24, 2.45) is 0 Å². The summed E-state index contributed by atoms with van der Waals surface area (Å²) in [5, 5.41) is 17.5. The number of carbonyl (C=O) groups is 2. The first kappa shape index (κ1) is 15.2. The molecular formula is C11H19N3O3. The van der Waals surface area contributed by atoms with E-state index in [9.17, 15) is 9.59 Å². The molecule has 0 rings (SSSR count). The Morgan fingerprint density at radius 2 is 1.94 bits per heavy atom. The Bertz CT molecular complexity index is 333. The number of aliphatic carboxylic acids is 1. The molecule has 0 aromatic rings. The van der Waals surface area contributed by atoms with Crippen LogP contribution in [0.5, 0.6) is 0 Å². The van der Waals surface area contributed by atoms with Crippen molar-refractivity contribution in [2.75, 3.05) is 20.1 Å². The molecule has 2 amide bonds. The molecule has 6 heteroatoms. The van der Waals surface area contributed by atoms with Crippen molar-refractivity contribution >= 4 is 12.0 Å². The fourth-order valence-corrected chi connectivity index (χ4v) is 1.17. The summed E-state index contributed by atoms with van der Waals surface area (Å²) in [6, 6.07) is 1.58. The molecule has 0 atom stereocenters. The minimum atomic E-state index is -1.27. The number of likely N-dealkylation sites (N-methyl/N-ethyl adjacent to an activating group) is 1. The fourth-order valence-electron chi connectivity index (χ4n) is 1.17. The Balaban J connectivity index is 4.79. The molecule has 0 aliphatic carbocycles. The third-order valence-corrected chi connectivity index (χ3v) is 2.79. The van der Waals surface area contributed by atoms with Gasteiger partial charge in [0.1, 0.15) is 5.54 Å². The number of rotatable bonds is 5. The summed E-state index contributed by atoms with van der Waals surface area (Å²) in [6.45, 7) is 5.47. The molecule has 0 spiro atoms. The van der Waals surface area contributed by atoms with Crippen LogP contribution in [0.4, 0.5) is 4.79 Å². The number of nitriles is 1. The number of nitrogens with zero attached hydrogens (tertiary/aromatic N) is 3. The van der Waals surface area contributed by atoms with Crippen LogP contribution in [0.2, 0.25) is 0 Å². The maximum atomic E-state index is 12.0. The van der Waals surface area contributed by atoms with Gasteiger partial charge in [-0.2, -0.15) is 5.26 Å². The minimum Gasteiger partial charge on any atom is -0.480 e. The van der Waals surface area contributed by atoms with Gasteiger partial charge in [0.2, 0.25) is 0 Å². The Kier molecular flexibility index (Phi) is 5.45. The van der Waals surface area contributed by atoms with Gasteiger partial charge in [0.05, 0.1) is 12.5 Å². The first-order valence-corrected chi connectivity index (χ1v) is 5.42. The Hall–Kier alpha value is -1.77. The van der Waals surface area contributed by atoms with E-state index in [2.05, 4.69) is 0 Å². The summed E-state index contributed by atoms with van der Waals surface area (Å²) in [5.74, 6) is -1.07. The zero-order valence-corrected chi connectivity index (χ0v) is 10.7. The number of amides is 2. The number of carboxylic acids is 1. The molecule has 1 N–H and O–H groups in total. The largest absolute Gasteiger partial charge is 0.480 e. The Morgan fingerprint density at radius 3 is 2.29 bits per heavy atom. The van der Waals surface area contributed by atoms with E-state index in [1.54, 1.807) is 6.92 Å². The molecule has 0 aromatic heterocycles.